The fourth-order valence-corrected chi connectivity index (χ4v) is 1.87. The normalized spacial score (nSPS) is 17.9. The molecule has 0 amide bonds. The zero-order chi connectivity index (χ0) is 10.2. The number of halogens is 1. The fraction of sp³-hybridized carbons (Fsp3) is 0.455. The van der Waals surface area contributed by atoms with E-state index in [9.17, 15) is 5.11 Å². The van der Waals surface area contributed by atoms with Gasteiger partial charge < -0.3 is 9.84 Å². The van der Waals surface area contributed by atoms with Crippen molar-refractivity contribution < 1.29 is 9.84 Å². The molecule has 0 heterocycles. The van der Waals surface area contributed by atoms with Gasteiger partial charge in [0.25, 0.3) is 0 Å². The molecular formula is C11H13ClO2. The van der Waals surface area contributed by atoms with Gasteiger partial charge >= 0.3 is 0 Å². The number of aliphatic hydroxyl groups is 1. The Hall–Kier alpha value is -0.730. The van der Waals surface area contributed by atoms with Crippen LogP contribution < -0.4 is 4.74 Å². The van der Waals surface area contributed by atoms with Crippen LogP contribution in [-0.2, 0) is 5.41 Å². The van der Waals surface area contributed by atoms with Crippen molar-refractivity contribution in [3.05, 3.63) is 28.8 Å². The Labute approximate surface area is 88.5 Å². The molecular weight excluding hydrogens is 200 g/mol. The lowest BCUT2D eigenvalue weighted by Crippen LogP contribution is -2.11. The predicted molar refractivity (Wildman–Crippen MR) is 56.0 cm³/mol. The maximum Gasteiger partial charge on any atom is 0.137 e. The van der Waals surface area contributed by atoms with Crippen LogP contribution in [0.3, 0.4) is 0 Å². The summed E-state index contributed by atoms with van der Waals surface area (Å²) in [7, 11) is 1.60. The first-order valence-electron chi connectivity index (χ1n) is 4.67. The maximum absolute atomic E-state index is 9.27. The van der Waals surface area contributed by atoms with Crippen LogP contribution in [0.25, 0.3) is 0 Å². The van der Waals surface area contributed by atoms with Crippen LogP contribution in [-0.4, -0.2) is 18.8 Å². The van der Waals surface area contributed by atoms with E-state index in [-0.39, 0.29) is 12.0 Å². The molecule has 0 spiro atoms. The molecule has 1 aromatic carbocycles. The van der Waals surface area contributed by atoms with Crippen LogP contribution >= 0.6 is 11.6 Å². The van der Waals surface area contributed by atoms with Crippen molar-refractivity contribution in [3.8, 4) is 5.75 Å². The van der Waals surface area contributed by atoms with Crippen molar-refractivity contribution in [2.24, 2.45) is 0 Å². The van der Waals surface area contributed by atoms with Gasteiger partial charge in [-0.15, -0.1) is 0 Å². The third-order valence-corrected chi connectivity index (χ3v) is 3.23. The van der Waals surface area contributed by atoms with E-state index in [2.05, 4.69) is 0 Å². The summed E-state index contributed by atoms with van der Waals surface area (Å²) in [4.78, 5) is 0. The summed E-state index contributed by atoms with van der Waals surface area (Å²) in [6, 6.07) is 5.71. The third-order valence-electron chi connectivity index (χ3n) is 2.92. The minimum Gasteiger partial charge on any atom is -0.495 e. The molecule has 76 valence electrons. The van der Waals surface area contributed by atoms with Gasteiger partial charge in [0, 0.05) is 5.41 Å². The molecule has 0 radical (unpaired) electrons. The molecule has 0 aliphatic heterocycles. The molecule has 1 aromatic rings. The Bertz CT molecular complexity index is 345. The predicted octanol–water partition coefficient (Wildman–Crippen LogP) is 2.37. The van der Waals surface area contributed by atoms with Crippen molar-refractivity contribution in [1.82, 2.24) is 0 Å². The highest BCUT2D eigenvalue weighted by atomic mass is 35.5. The summed E-state index contributed by atoms with van der Waals surface area (Å²) < 4.78 is 5.14. The Morgan fingerprint density at radius 2 is 2.21 bits per heavy atom. The van der Waals surface area contributed by atoms with Gasteiger partial charge in [-0.3, -0.25) is 0 Å². The summed E-state index contributed by atoms with van der Waals surface area (Å²) in [5.41, 5.74) is 1.11. The van der Waals surface area contributed by atoms with Gasteiger partial charge in [-0.05, 0) is 30.5 Å². The van der Waals surface area contributed by atoms with Crippen LogP contribution in [0.2, 0.25) is 5.02 Å². The molecule has 3 heteroatoms. The van der Waals surface area contributed by atoms with Gasteiger partial charge in [-0.2, -0.15) is 0 Å². The second-order valence-electron chi connectivity index (χ2n) is 3.79. The lowest BCUT2D eigenvalue weighted by atomic mass is 9.97. The number of benzene rings is 1. The number of rotatable bonds is 3. The SMILES string of the molecule is COc1cc(C2(CO)CC2)ccc1Cl. The first-order valence-corrected chi connectivity index (χ1v) is 5.04. The summed E-state index contributed by atoms with van der Waals surface area (Å²) in [5.74, 6) is 0.684. The van der Waals surface area contributed by atoms with Gasteiger partial charge in [-0.25, -0.2) is 0 Å². The van der Waals surface area contributed by atoms with Gasteiger partial charge in [0.2, 0.25) is 0 Å². The first-order chi connectivity index (χ1) is 6.72. The summed E-state index contributed by atoms with van der Waals surface area (Å²) >= 11 is 5.92. The lowest BCUT2D eigenvalue weighted by molar-refractivity contribution is 0.255. The second-order valence-corrected chi connectivity index (χ2v) is 4.19. The van der Waals surface area contributed by atoms with Crippen molar-refractivity contribution in [2.75, 3.05) is 13.7 Å². The van der Waals surface area contributed by atoms with E-state index in [1.807, 2.05) is 18.2 Å². The molecule has 0 aromatic heterocycles. The highest BCUT2D eigenvalue weighted by molar-refractivity contribution is 6.32. The Kier molecular flexibility index (Phi) is 2.41. The highest BCUT2D eigenvalue weighted by Crippen LogP contribution is 2.48. The van der Waals surface area contributed by atoms with Crippen LogP contribution in [0.15, 0.2) is 18.2 Å². The quantitative estimate of drug-likeness (QED) is 0.834. The third kappa shape index (κ3) is 1.49. The fourth-order valence-electron chi connectivity index (χ4n) is 1.68. The largest absolute Gasteiger partial charge is 0.495 e. The molecule has 2 nitrogen and oxygen atoms in total. The van der Waals surface area contributed by atoms with E-state index in [0.29, 0.717) is 10.8 Å². The Morgan fingerprint density at radius 3 is 2.71 bits per heavy atom. The Balaban J connectivity index is 2.36. The topological polar surface area (TPSA) is 29.5 Å². The van der Waals surface area contributed by atoms with Crippen molar-refractivity contribution >= 4 is 11.6 Å². The summed E-state index contributed by atoms with van der Waals surface area (Å²) in [6.07, 6.45) is 2.10. The monoisotopic (exact) mass is 212 g/mol. The molecule has 14 heavy (non-hydrogen) atoms. The van der Waals surface area contributed by atoms with Crippen molar-refractivity contribution in [1.29, 1.82) is 0 Å². The number of hydrogen-bond acceptors (Lipinski definition) is 2. The standard InChI is InChI=1S/C11H13ClO2/c1-14-10-6-8(2-3-9(10)12)11(7-13)4-5-11/h2-3,6,13H,4-5,7H2,1H3. The number of methoxy groups -OCH3 is 1. The van der Waals surface area contributed by atoms with E-state index in [1.165, 1.54) is 0 Å². The van der Waals surface area contributed by atoms with Gasteiger partial charge in [0.05, 0.1) is 18.7 Å². The molecule has 0 bridgehead atoms. The number of hydrogen-bond donors (Lipinski definition) is 1. The molecule has 1 fully saturated rings. The van der Waals surface area contributed by atoms with E-state index < -0.39 is 0 Å². The minimum absolute atomic E-state index is 0.0160. The zero-order valence-corrected chi connectivity index (χ0v) is 8.84. The minimum atomic E-state index is -0.0160. The van der Waals surface area contributed by atoms with Gasteiger partial charge in [0.15, 0.2) is 0 Å². The van der Waals surface area contributed by atoms with Gasteiger partial charge in [-0.1, -0.05) is 17.7 Å². The summed E-state index contributed by atoms with van der Waals surface area (Å²) in [6.45, 7) is 0.206. The molecule has 1 N–H and O–H groups in total. The number of ether oxygens (including phenoxy) is 1. The highest BCUT2D eigenvalue weighted by Gasteiger charge is 2.43. The maximum atomic E-state index is 9.27. The average molecular weight is 213 g/mol. The molecule has 1 saturated carbocycles. The average Bonchev–Trinajstić information content (AvgIpc) is 2.99. The molecule has 0 unspecified atom stereocenters. The second kappa shape index (κ2) is 3.44. The molecule has 2 rings (SSSR count). The van der Waals surface area contributed by atoms with E-state index in [4.69, 9.17) is 16.3 Å². The first kappa shape index (κ1) is 9.81. The van der Waals surface area contributed by atoms with E-state index in [1.54, 1.807) is 7.11 Å². The molecule has 1 aliphatic rings. The summed E-state index contributed by atoms with van der Waals surface area (Å²) in [5, 5.41) is 9.88. The zero-order valence-electron chi connectivity index (χ0n) is 8.09. The van der Waals surface area contributed by atoms with Crippen LogP contribution in [0.1, 0.15) is 18.4 Å². The molecule has 0 atom stereocenters. The van der Waals surface area contributed by atoms with Crippen molar-refractivity contribution in [3.63, 3.8) is 0 Å². The lowest BCUT2D eigenvalue weighted by Gasteiger charge is -2.13. The van der Waals surface area contributed by atoms with Crippen molar-refractivity contribution in [2.45, 2.75) is 18.3 Å². The van der Waals surface area contributed by atoms with Crippen LogP contribution in [0, 0.1) is 0 Å². The molecule has 1 aliphatic carbocycles. The smallest absolute Gasteiger partial charge is 0.137 e. The Morgan fingerprint density at radius 1 is 1.50 bits per heavy atom. The van der Waals surface area contributed by atoms with Crippen LogP contribution in [0.5, 0.6) is 5.75 Å². The molecule has 0 saturated heterocycles. The van der Waals surface area contributed by atoms with Gasteiger partial charge in [0.1, 0.15) is 5.75 Å². The van der Waals surface area contributed by atoms with E-state index >= 15 is 0 Å². The van der Waals surface area contributed by atoms with Crippen LogP contribution in [0.4, 0.5) is 0 Å². The van der Waals surface area contributed by atoms with E-state index in [0.717, 1.165) is 18.4 Å². The number of aliphatic hydroxyl groups excluding tert-OH is 1.